The van der Waals surface area contributed by atoms with Crippen molar-refractivity contribution in [3.05, 3.63) is 70.2 Å². The van der Waals surface area contributed by atoms with E-state index in [1.165, 1.54) is 4.90 Å². The summed E-state index contributed by atoms with van der Waals surface area (Å²) in [6, 6.07) is 17.3. The number of carbonyl (C=O) groups is 3. The summed E-state index contributed by atoms with van der Waals surface area (Å²) in [5, 5.41) is 6.17. The molecule has 2 aromatic rings. The molecule has 0 saturated carbocycles. The van der Waals surface area contributed by atoms with Crippen LogP contribution in [0, 0.1) is 5.92 Å². The Morgan fingerprint density at radius 3 is 2.31 bits per heavy atom. The standard InChI is InChI=1S/C27H33BrN4O3.ClH/c1-19(2)24(33)29-23(21-6-4-3-5-7-21)12-15-31-16-13-27(14-17-31)25(34)32(26(35)30-27)18-20-8-10-22(28)11-9-20;/h3-11,19,23H,12-18H2,1-2H3,(H,29,33)(H,30,35);1H. The molecule has 0 bridgehead atoms. The number of hydrogen-bond donors (Lipinski definition) is 2. The third kappa shape index (κ3) is 6.47. The third-order valence-corrected chi connectivity index (χ3v) is 7.51. The van der Waals surface area contributed by atoms with Gasteiger partial charge in [0.2, 0.25) is 5.91 Å². The number of urea groups is 1. The van der Waals surface area contributed by atoms with Crippen LogP contribution < -0.4 is 10.6 Å². The number of amides is 4. The summed E-state index contributed by atoms with van der Waals surface area (Å²) in [5.41, 5.74) is 1.20. The van der Waals surface area contributed by atoms with Crippen LogP contribution in [0.1, 0.15) is 50.3 Å². The number of likely N-dealkylation sites (tertiary alicyclic amines) is 1. The normalized spacial score (nSPS) is 18.2. The maximum absolute atomic E-state index is 13.3. The minimum absolute atomic E-state index is 0. The molecule has 2 aliphatic heterocycles. The average Bonchev–Trinajstić information content (AvgIpc) is 3.08. The molecule has 0 radical (unpaired) electrons. The Morgan fingerprint density at radius 1 is 1.06 bits per heavy atom. The van der Waals surface area contributed by atoms with E-state index in [1.807, 2.05) is 68.4 Å². The van der Waals surface area contributed by atoms with Gasteiger partial charge in [-0.15, -0.1) is 12.4 Å². The summed E-state index contributed by atoms with van der Waals surface area (Å²) in [6.07, 6.45) is 1.96. The van der Waals surface area contributed by atoms with Crippen molar-refractivity contribution in [1.82, 2.24) is 20.4 Å². The fourth-order valence-electron chi connectivity index (χ4n) is 4.75. The molecule has 4 amide bonds. The van der Waals surface area contributed by atoms with Crippen molar-refractivity contribution in [3.8, 4) is 0 Å². The van der Waals surface area contributed by atoms with Crippen LogP contribution in [0.3, 0.4) is 0 Å². The molecule has 2 fully saturated rings. The van der Waals surface area contributed by atoms with E-state index in [4.69, 9.17) is 0 Å². The van der Waals surface area contributed by atoms with Crippen molar-refractivity contribution in [2.75, 3.05) is 19.6 Å². The lowest BCUT2D eigenvalue weighted by atomic mass is 9.87. The van der Waals surface area contributed by atoms with Gasteiger partial charge in [0, 0.05) is 30.0 Å². The Balaban J connectivity index is 0.00000361. The minimum atomic E-state index is -0.812. The van der Waals surface area contributed by atoms with Crippen LogP contribution in [0.2, 0.25) is 0 Å². The molecule has 7 nitrogen and oxygen atoms in total. The Labute approximate surface area is 227 Å². The number of carbonyl (C=O) groups excluding carboxylic acids is 3. The number of piperidine rings is 1. The van der Waals surface area contributed by atoms with Crippen LogP contribution in [0.25, 0.3) is 0 Å². The topological polar surface area (TPSA) is 81.8 Å². The monoisotopic (exact) mass is 576 g/mol. The highest BCUT2D eigenvalue weighted by atomic mass is 79.9. The molecule has 194 valence electrons. The lowest BCUT2D eigenvalue weighted by Crippen LogP contribution is -2.55. The van der Waals surface area contributed by atoms with Crippen LogP contribution in [-0.4, -0.2) is 52.8 Å². The number of hydrogen-bond acceptors (Lipinski definition) is 4. The van der Waals surface area contributed by atoms with E-state index >= 15 is 0 Å². The highest BCUT2D eigenvalue weighted by molar-refractivity contribution is 9.10. The quantitative estimate of drug-likeness (QED) is 0.447. The zero-order valence-electron chi connectivity index (χ0n) is 20.7. The summed E-state index contributed by atoms with van der Waals surface area (Å²) < 4.78 is 0.959. The fourth-order valence-corrected chi connectivity index (χ4v) is 5.01. The van der Waals surface area contributed by atoms with Gasteiger partial charge in [-0.2, -0.15) is 0 Å². The van der Waals surface area contributed by atoms with E-state index < -0.39 is 5.54 Å². The molecule has 1 spiro atoms. The average molecular weight is 578 g/mol. The summed E-state index contributed by atoms with van der Waals surface area (Å²) >= 11 is 3.41. The third-order valence-electron chi connectivity index (χ3n) is 6.99. The van der Waals surface area contributed by atoms with Crippen LogP contribution in [0.15, 0.2) is 59.1 Å². The maximum atomic E-state index is 13.3. The highest BCUT2D eigenvalue weighted by Gasteiger charge is 2.52. The van der Waals surface area contributed by atoms with Gasteiger partial charge in [-0.05, 0) is 42.5 Å². The second kappa shape index (κ2) is 12.2. The van der Waals surface area contributed by atoms with E-state index in [0.29, 0.717) is 12.8 Å². The smallest absolute Gasteiger partial charge is 0.325 e. The summed E-state index contributed by atoms with van der Waals surface area (Å²) in [7, 11) is 0. The number of imide groups is 1. The van der Waals surface area contributed by atoms with E-state index in [9.17, 15) is 14.4 Å². The van der Waals surface area contributed by atoms with E-state index in [2.05, 4.69) is 31.5 Å². The first-order valence-electron chi connectivity index (χ1n) is 12.2. The SMILES string of the molecule is CC(C)C(=O)NC(CCN1CCC2(CC1)NC(=O)N(Cc1ccc(Br)cc1)C2=O)c1ccccc1.Cl. The zero-order valence-corrected chi connectivity index (χ0v) is 23.1. The summed E-state index contributed by atoms with van der Waals surface area (Å²) in [5.74, 6) is -0.161. The Kier molecular flexibility index (Phi) is 9.55. The number of nitrogens with zero attached hydrogens (tertiary/aromatic N) is 2. The Bertz CT molecular complexity index is 1060. The zero-order chi connectivity index (χ0) is 25.0. The van der Waals surface area contributed by atoms with Crippen molar-refractivity contribution >= 4 is 46.2 Å². The summed E-state index contributed by atoms with van der Waals surface area (Å²) in [6.45, 7) is 6.31. The Hall–Kier alpha value is -2.42. The molecule has 2 heterocycles. The molecule has 2 aromatic carbocycles. The first kappa shape index (κ1) is 28.2. The van der Waals surface area contributed by atoms with Gasteiger partial charge in [-0.25, -0.2) is 4.79 Å². The van der Waals surface area contributed by atoms with Crippen molar-refractivity contribution < 1.29 is 14.4 Å². The van der Waals surface area contributed by atoms with Crippen molar-refractivity contribution in [2.24, 2.45) is 5.92 Å². The first-order chi connectivity index (χ1) is 16.8. The highest BCUT2D eigenvalue weighted by Crippen LogP contribution is 2.31. The minimum Gasteiger partial charge on any atom is -0.349 e. The number of halogens is 2. The van der Waals surface area contributed by atoms with Gasteiger partial charge in [-0.3, -0.25) is 14.5 Å². The summed E-state index contributed by atoms with van der Waals surface area (Å²) in [4.78, 5) is 42.0. The van der Waals surface area contributed by atoms with Gasteiger partial charge in [0.1, 0.15) is 5.54 Å². The molecular weight excluding hydrogens is 544 g/mol. The molecule has 0 aliphatic carbocycles. The predicted octanol–water partition coefficient (Wildman–Crippen LogP) is 4.66. The largest absolute Gasteiger partial charge is 0.349 e. The number of nitrogens with one attached hydrogen (secondary N) is 2. The van der Waals surface area contributed by atoms with Gasteiger partial charge in [0.25, 0.3) is 5.91 Å². The molecule has 4 rings (SSSR count). The van der Waals surface area contributed by atoms with Crippen LogP contribution in [-0.2, 0) is 16.1 Å². The molecule has 1 unspecified atom stereocenters. The van der Waals surface area contributed by atoms with Crippen LogP contribution in [0.4, 0.5) is 4.79 Å². The van der Waals surface area contributed by atoms with Gasteiger partial charge in [-0.1, -0.05) is 72.2 Å². The van der Waals surface area contributed by atoms with E-state index in [-0.39, 0.29) is 48.8 Å². The molecule has 2 N–H and O–H groups in total. The lowest BCUT2D eigenvalue weighted by Gasteiger charge is -2.37. The molecule has 9 heteroatoms. The molecule has 2 aliphatic rings. The molecule has 2 saturated heterocycles. The molecule has 0 aromatic heterocycles. The first-order valence-corrected chi connectivity index (χ1v) is 13.0. The van der Waals surface area contributed by atoms with Crippen molar-refractivity contribution in [3.63, 3.8) is 0 Å². The van der Waals surface area contributed by atoms with Gasteiger partial charge < -0.3 is 15.5 Å². The maximum Gasteiger partial charge on any atom is 0.325 e. The molecule has 36 heavy (non-hydrogen) atoms. The van der Waals surface area contributed by atoms with Crippen molar-refractivity contribution in [1.29, 1.82) is 0 Å². The van der Waals surface area contributed by atoms with Crippen molar-refractivity contribution in [2.45, 2.75) is 51.2 Å². The van der Waals surface area contributed by atoms with Gasteiger partial charge in [0.05, 0.1) is 12.6 Å². The van der Waals surface area contributed by atoms with Crippen LogP contribution in [0.5, 0.6) is 0 Å². The predicted molar refractivity (Wildman–Crippen MR) is 146 cm³/mol. The number of benzene rings is 2. The second-order valence-electron chi connectivity index (χ2n) is 9.79. The van der Waals surface area contributed by atoms with Gasteiger partial charge in [0.15, 0.2) is 0 Å². The molecule has 1 atom stereocenters. The van der Waals surface area contributed by atoms with Gasteiger partial charge >= 0.3 is 6.03 Å². The lowest BCUT2D eigenvalue weighted by molar-refractivity contribution is -0.133. The Morgan fingerprint density at radius 2 is 1.69 bits per heavy atom. The van der Waals surface area contributed by atoms with E-state index in [1.54, 1.807) is 0 Å². The fraction of sp³-hybridized carbons (Fsp3) is 0.444. The van der Waals surface area contributed by atoms with E-state index in [0.717, 1.165) is 41.7 Å². The van der Waals surface area contributed by atoms with Crippen LogP contribution >= 0.6 is 28.3 Å². The molecular formula is C27H34BrClN4O3. The number of rotatable bonds is 8. The second-order valence-corrected chi connectivity index (χ2v) is 10.7.